The first kappa shape index (κ1) is 21.5. The van der Waals surface area contributed by atoms with Crippen molar-refractivity contribution >= 4 is 60.7 Å². The Balaban J connectivity index is 1.65. The molecule has 0 fully saturated rings. The van der Waals surface area contributed by atoms with Crippen LogP contribution in [0.15, 0.2) is 57.4 Å². The first-order chi connectivity index (χ1) is 14.9. The third-order valence-corrected chi connectivity index (χ3v) is 6.61. The van der Waals surface area contributed by atoms with Gasteiger partial charge in [0, 0.05) is 26.5 Å². The molecular formula is C22H17BrClN3O3S. The number of aryl methyl sites for hydroxylation is 1. The molecule has 31 heavy (non-hydrogen) atoms. The number of halogens is 2. The number of fused-ring (bicyclic) bond motifs is 1. The molecule has 4 rings (SSSR count). The van der Waals surface area contributed by atoms with Crippen LogP contribution < -0.4 is 15.6 Å². The minimum Gasteiger partial charge on any atom is -0.495 e. The van der Waals surface area contributed by atoms with Crippen molar-refractivity contribution in [1.29, 1.82) is 0 Å². The molecule has 2 aromatic carbocycles. The average Bonchev–Trinajstić information content (AvgIpc) is 3.18. The van der Waals surface area contributed by atoms with Crippen LogP contribution >= 0.6 is 38.9 Å². The molecule has 0 bridgehead atoms. The van der Waals surface area contributed by atoms with Crippen LogP contribution in [0, 0.1) is 6.92 Å². The summed E-state index contributed by atoms with van der Waals surface area (Å²) in [5.74, 6) is 0.0731. The highest BCUT2D eigenvalue weighted by Crippen LogP contribution is 2.32. The number of methoxy groups -OCH3 is 1. The van der Waals surface area contributed by atoms with Crippen molar-refractivity contribution in [1.82, 2.24) is 9.55 Å². The van der Waals surface area contributed by atoms with Crippen molar-refractivity contribution in [2.75, 3.05) is 12.4 Å². The number of nitrogens with zero attached hydrogens (tertiary/aromatic N) is 2. The molecular weight excluding hydrogens is 502 g/mol. The van der Waals surface area contributed by atoms with Crippen LogP contribution in [0.2, 0.25) is 5.02 Å². The highest BCUT2D eigenvalue weighted by Gasteiger charge is 2.16. The number of hydrogen-bond acceptors (Lipinski definition) is 5. The highest BCUT2D eigenvalue weighted by atomic mass is 79.9. The molecule has 2 aromatic heterocycles. The molecule has 0 saturated heterocycles. The van der Waals surface area contributed by atoms with Crippen molar-refractivity contribution in [3.63, 3.8) is 0 Å². The van der Waals surface area contributed by atoms with Crippen LogP contribution in [-0.4, -0.2) is 22.6 Å². The lowest BCUT2D eigenvalue weighted by Crippen LogP contribution is -2.28. The van der Waals surface area contributed by atoms with Crippen molar-refractivity contribution in [2.24, 2.45) is 0 Å². The van der Waals surface area contributed by atoms with Crippen LogP contribution in [0.4, 0.5) is 5.69 Å². The van der Waals surface area contributed by atoms with Gasteiger partial charge in [-0.25, -0.2) is 4.98 Å². The standard InChI is InChI=1S/C22H17BrClN3O3S/c1-12-7-17(18(30-2)8-16(12)24)26-19(28)9-27-11-25-21-20(22(27)29)15(10-31-21)13-3-5-14(23)6-4-13/h3-8,10-11H,9H2,1-2H3,(H,26,28). The van der Waals surface area contributed by atoms with Gasteiger partial charge in [-0.05, 0) is 36.2 Å². The van der Waals surface area contributed by atoms with Crippen LogP contribution in [0.25, 0.3) is 21.3 Å². The Kier molecular flexibility index (Phi) is 6.13. The van der Waals surface area contributed by atoms with E-state index in [0.29, 0.717) is 26.7 Å². The van der Waals surface area contributed by atoms with Gasteiger partial charge in [0.2, 0.25) is 5.91 Å². The zero-order chi connectivity index (χ0) is 22.1. The van der Waals surface area contributed by atoms with Crippen LogP contribution in [-0.2, 0) is 11.3 Å². The number of aromatic nitrogens is 2. The fourth-order valence-corrected chi connectivity index (χ4v) is 4.52. The number of anilines is 1. The monoisotopic (exact) mass is 517 g/mol. The Morgan fingerprint density at radius 2 is 2.03 bits per heavy atom. The maximum Gasteiger partial charge on any atom is 0.263 e. The van der Waals surface area contributed by atoms with Gasteiger partial charge >= 0.3 is 0 Å². The summed E-state index contributed by atoms with van der Waals surface area (Å²) in [7, 11) is 1.50. The van der Waals surface area contributed by atoms with E-state index in [2.05, 4.69) is 26.2 Å². The largest absolute Gasteiger partial charge is 0.495 e. The second-order valence-electron chi connectivity index (χ2n) is 6.86. The number of rotatable bonds is 5. The Labute approximate surface area is 195 Å². The van der Waals surface area contributed by atoms with Crippen molar-refractivity contribution in [2.45, 2.75) is 13.5 Å². The van der Waals surface area contributed by atoms with Crippen LogP contribution in [0.5, 0.6) is 5.75 Å². The number of hydrogen-bond donors (Lipinski definition) is 1. The fourth-order valence-electron chi connectivity index (χ4n) is 3.20. The van der Waals surface area contributed by atoms with E-state index in [0.717, 1.165) is 21.2 Å². The van der Waals surface area contributed by atoms with E-state index in [1.54, 1.807) is 12.1 Å². The molecule has 0 atom stereocenters. The molecule has 0 aliphatic rings. The summed E-state index contributed by atoms with van der Waals surface area (Å²) in [4.78, 5) is 30.8. The van der Waals surface area contributed by atoms with E-state index in [4.69, 9.17) is 16.3 Å². The van der Waals surface area contributed by atoms with Crippen molar-refractivity contribution in [3.05, 3.63) is 73.5 Å². The molecule has 158 valence electrons. The minimum atomic E-state index is -0.372. The van der Waals surface area contributed by atoms with Gasteiger partial charge in [-0.2, -0.15) is 0 Å². The lowest BCUT2D eigenvalue weighted by atomic mass is 10.1. The van der Waals surface area contributed by atoms with E-state index in [9.17, 15) is 9.59 Å². The summed E-state index contributed by atoms with van der Waals surface area (Å²) in [5, 5.41) is 5.74. The van der Waals surface area contributed by atoms with E-state index in [-0.39, 0.29) is 18.0 Å². The van der Waals surface area contributed by atoms with Gasteiger partial charge in [-0.3, -0.25) is 14.2 Å². The van der Waals surface area contributed by atoms with Gasteiger partial charge in [-0.15, -0.1) is 11.3 Å². The summed E-state index contributed by atoms with van der Waals surface area (Å²) < 4.78 is 7.56. The average molecular weight is 519 g/mol. The molecule has 0 spiro atoms. The smallest absolute Gasteiger partial charge is 0.263 e. The highest BCUT2D eigenvalue weighted by molar-refractivity contribution is 9.10. The number of amides is 1. The van der Waals surface area contributed by atoms with Crippen LogP contribution in [0.1, 0.15) is 5.56 Å². The first-order valence-corrected chi connectivity index (χ1v) is 11.3. The molecule has 1 amide bonds. The van der Waals surface area contributed by atoms with Gasteiger partial charge in [-0.1, -0.05) is 39.7 Å². The maximum atomic E-state index is 13.2. The summed E-state index contributed by atoms with van der Waals surface area (Å²) >= 11 is 10.9. The minimum absolute atomic E-state index is 0.178. The predicted octanol–water partition coefficient (Wildman–Crippen LogP) is 5.50. The molecule has 0 unspecified atom stereocenters. The summed E-state index contributed by atoms with van der Waals surface area (Å²) in [6.45, 7) is 1.65. The Hall–Kier alpha value is -2.68. The molecule has 4 aromatic rings. The van der Waals surface area contributed by atoms with Crippen LogP contribution in [0.3, 0.4) is 0 Å². The van der Waals surface area contributed by atoms with E-state index in [1.807, 2.05) is 36.6 Å². The number of ether oxygens (including phenoxy) is 1. The molecule has 2 heterocycles. The Bertz CT molecular complexity index is 1350. The van der Waals surface area contributed by atoms with Gasteiger partial charge < -0.3 is 10.1 Å². The fraction of sp³-hybridized carbons (Fsp3) is 0.136. The second kappa shape index (κ2) is 8.82. The molecule has 0 aliphatic heterocycles. The molecule has 9 heteroatoms. The van der Waals surface area contributed by atoms with Gasteiger partial charge in [0.1, 0.15) is 17.1 Å². The third-order valence-electron chi connectivity index (χ3n) is 4.78. The number of benzene rings is 2. The van der Waals surface area contributed by atoms with Gasteiger partial charge in [0.05, 0.1) is 24.5 Å². The second-order valence-corrected chi connectivity index (χ2v) is 9.04. The normalized spacial score (nSPS) is 11.0. The topological polar surface area (TPSA) is 73.2 Å². The summed E-state index contributed by atoms with van der Waals surface area (Å²) in [6, 6.07) is 11.1. The van der Waals surface area contributed by atoms with Gasteiger partial charge in [0.25, 0.3) is 5.56 Å². The number of carbonyl (C=O) groups excluding carboxylic acids is 1. The lowest BCUT2D eigenvalue weighted by Gasteiger charge is -2.13. The quantitative estimate of drug-likeness (QED) is 0.379. The van der Waals surface area contributed by atoms with Gasteiger partial charge in [0.15, 0.2) is 0 Å². The van der Waals surface area contributed by atoms with E-state index < -0.39 is 0 Å². The molecule has 0 aliphatic carbocycles. The Morgan fingerprint density at radius 1 is 1.29 bits per heavy atom. The number of thiophene rings is 1. The Morgan fingerprint density at radius 3 is 2.74 bits per heavy atom. The molecule has 0 radical (unpaired) electrons. The zero-order valence-electron chi connectivity index (χ0n) is 16.6. The number of carbonyl (C=O) groups is 1. The summed E-state index contributed by atoms with van der Waals surface area (Å²) in [5.41, 5.74) is 2.74. The van der Waals surface area contributed by atoms with E-state index in [1.165, 1.54) is 29.3 Å². The van der Waals surface area contributed by atoms with E-state index >= 15 is 0 Å². The predicted molar refractivity (Wildman–Crippen MR) is 128 cm³/mol. The number of nitrogens with one attached hydrogen (secondary N) is 1. The van der Waals surface area contributed by atoms with Crippen molar-refractivity contribution < 1.29 is 9.53 Å². The molecule has 1 N–H and O–H groups in total. The maximum absolute atomic E-state index is 13.2. The lowest BCUT2D eigenvalue weighted by molar-refractivity contribution is -0.116. The summed E-state index contributed by atoms with van der Waals surface area (Å²) in [6.07, 6.45) is 1.40. The van der Waals surface area contributed by atoms with Crippen molar-refractivity contribution in [3.8, 4) is 16.9 Å². The first-order valence-electron chi connectivity index (χ1n) is 9.24. The SMILES string of the molecule is COc1cc(Cl)c(C)cc1NC(=O)Cn1cnc2scc(-c3ccc(Br)cc3)c2c1=O. The third kappa shape index (κ3) is 4.37. The molecule has 0 saturated carbocycles. The zero-order valence-corrected chi connectivity index (χ0v) is 19.8. The molecule has 6 nitrogen and oxygen atoms in total.